The van der Waals surface area contributed by atoms with Gasteiger partial charge in [0, 0.05) is 35.1 Å². The molecule has 4 aromatic carbocycles. The van der Waals surface area contributed by atoms with E-state index in [-0.39, 0.29) is 33.6 Å². The standard InChI is InChI=1S/C32H30Cl3N3O4S/c1-22-11-13-29(14-12-22)43(41,42)38(28-18-26(34)17-27(35)19-28)21-31(39)37(20-24-9-6-10-25(33)15-24)30(32(40)36-2)16-23-7-4-3-5-8-23/h3-15,17-19,30H,16,20-21H2,1-2H3,(H,36,40)/t30-/m1/s1. The van der Waals surface area contributed by atoms with Crippen LogP contribution in [0.3, 0.4) is 0 Å². The number of amides is 2. The molecule has 7 nitrogen and oxygen atoms in total. The summed E-state index contributed by atoms with van der Waals surface area (Å²) < 4.78 is 29.1. The summed E-state index contributed by atoms with van der Waals surface area (Å²) >= 11 is 18.8. The lowest BCUT2D eigenvalue weighted by molar-refractivity contribution is -0.139. The molecule has 0 aliphatic rings. The van der Waals surface area contributed by atoms with Gasteiger partial charge in [0.2, 0.25) is 11.8 Å². The first kappa shape index (κ1) is 32.4. The van der Waals surface area contributed by atoms with Crippen LogP contribution in [0.2, 0.25) is 15.1 Å². The van der Waals surface area contributed by atoms with Crippen LogP contribution in [0.4, 0.5) is 5.69 Å². The molecule has 1 N–H and O–H groups in total. The molecule has 0 spiro atoms. The fourth-order valence-electron chi connectivity index (χ4n) is 4.60. The number of nitrogens with one attached hydrogen (secondary N) is 1. The summed E-state index contributed by atoms with van der Waals surface area (Å²) in [5.41, 5.74) is 2.47. The Hall–Kier alpha value is -3.56. The number of hydrogen-bond acceptors (Lipinski definition) is 4. The van der Waals surface area contributed by atoms with Gasteiger partial charge in [-0.2, -0.15) is 0 Å². The monoisotopic (exact) mass is 657 g/mol. The maximum Gasteiger partial charge on any atom is 0.264 e. The lowest BCUT2D eigenvalue weighted by Gasteiger charge is -2.33. The Morgan fingerprint density at radius 1 is 0.791 bits per heavy atom. The van der Waals surface area contributed by atoms with E-state index < -0.39 is 34.4 Å². The van der Waals surface area contributed by atoms with Crippen molar-refractivity contribution in [2.24, 2.45) is 0 Å². The van der Waals surface area contributed by atoms with Gasteiger partial charge in [-0.15, -0.1) is 0 Å². The largest absolute Gasteiger partial charge is 0.357 e. The minimum Gasteiger partial charge on any atom is -0.357 e. The zero-order valence-electron chi connectivity index (χ0n) is 23.5. The summed E-state index contributed by atoms with van der Waals surface area (Å²) in [6.45, 7) is 1.21. The molecular formula is C32H30Cl3N3O4S. The van der Waals surface area contributed by atoms with E-state index in [2.05, 4.69) is 5.32 Å². The first-order chi connectivity index (χ1) is 20.5. The van der Waals surface area contributed by atoms with Crippen molar-refractivity contribution in [2.45, 2.75) is 30.8 Å². The van der Waals surface area contributed by atoms with Gasteiger partial charge in [-0.1, -0.05) is 95.0 Å². The van der Waals surface area contributed by atoms with Crippen molar-refractivity contribution >= 4 is 62.3 Å². The Morgan fingerprint density at radius 2 is 1.42 bits per heavy atom. The molecule has 2 amide bonds. The van der Waals surface area contributed by atoms with Crippen LogP contribution in [0.25, 0.3) is 0 Å². The Kier molecular flexibility index (Phi) is 10.7. The van der Waals surface area contributed by atoms with E-state index in [0.717, 1.165) is 15.4 Å². The second-order valence-corrected chi connectivity index (χ2v) is 13.1. The van der Waals surface area contributed by atoms with Gasteiger partial charge < -0.3 is 10.2 Å². The predicted molar refractivity (Wildman–Crippen MR) is 172 cm³/mol. The van der Waals surface area contributed by atoms with Crippen LogP contribution in [-0.2, 0) is 32.6 Å². The van der Waals surface area contributed by atoms with Crippen molar-refractivity contribution in [2.75, 3.05) is 17.9 Å². The average Bonchev–Trinajstić information content (AvgIpc) is 2.97. The molecule has 0 unspecified atom stereocenters. The minimum absolute atomic E-state index is 0.000957. The number of likely N-dealkylation sites (N-methyl/N-ethyl adjacent to an activating group) is 1. The highest BCUT2D eigenvalue weighted by Gasteiger charge is 2.34. The summed E-state index contributed by atoms with van der Waals surface area (Å²) in [7, 11) is -2.79. The van der Waals surface area contributed by atoms with Gasteiger partial charge in [-0.25, -0.2) is 8.42 Å². The SMILES string of the molecule is CNC(=O)[C@@H](Cc1ccccc1)N(Cc1cccc(Cl)c1)C(=O)CN(c1cc(Cl)cc(Cl)c1)S(=O)(=O)c1ccc(C)cc1. The summed E-state index contributed by atoms with van der Waals surface area (Å²) in [4.78, 5) is 29.0. The molecule has 0 saturated heterocycles. The van der Waals surface area contributed by atoms with Crippen LogP contribution >= 0.6 is 34.8 Å². The van der Waals surface area contributed by atoms with E-state index >= 15 is 0 Å². The summed E-state index contributed by atoms with van der Waals surface area (Å²) in [6, 6.07) is 25.8. The molecule has 0 aliphatic carbocycles. The van der Waals surface area contributed by atoms with E-state index in [1.807, 2.05) is 37.3 Å². The molecular weight excluding hydrogens is 629 g/mol. The number of rotatable bonds is 11. The van der Waals surface area contributed by atoms with Crippen molar-refractivity contribution < 1.29 is 18.0 Å². The zero-order valence-corrected chi connectivity index (χ0v) is 26.6. The number of benzene rings is 4. The molecule has 0 radical (unpaired) electrons. The number of carbonyl (C=O) groups excluding carboxylic acids is 2. The highest BCUT2D eigenvalue weighted by molar-refractivity contribution is 7.92. The molecule has 0 heterocycles. The van der Waals surface area contributed by atoms with E-state index in [1.165, 1.54) is 42.3 Å². The van der Waals surface area contributed by atoms with Crippen LogP contribution in [0.1, 0.15) is 16.7 Å². The molecule has 1 atom stereocenters. The number of halogens is 3. The van der Waals surface area contributed by atoms with E-state index in [1.54, 1.807) is 36.4 Å². The van der Waals surface area contributed by atoms with Gasteiger partial charge in [0.25, 0.3) is 10.0 Å². The van der Waals surface area contributed by atoms with Crippen LogP contribution < -0.4 is 9.62 Å². The molecule has 11 heteroatoms. The van der Waals surface area contributed by atoms with Crippen LogP contribution in [0.15, 0.2) is 102 Å². The number of sulfonamides is 1. The molecule has 0 fully saturated rings. The third kappa shape index (κ3) is 8.30. The van der Waals surface area contributed by atoms with Crippen molar-refractivity contribution in [3.63, 3.8) is 0 Å². The van der Waals surface area contributed by atoms with Gasteiger partial charge >= 0.3 is 0 Å². The Morgan fingerprint density at radius 3 is 2.02 bits per heavy atom. The summed E-state index contributed by atoms with van der Waals surface area (Å²) in [5, 5.41) is 3.51. The van der Waals surface area contributed by atoms with Gasteiger partial charge in [0.05, 0.1) is 10.6 Å². The number of aryl methyl sites for hydroxylation is 1. The van der Waals surface area contributed by atoms with Gasteiger partial charge in [0.1, 0.15) is 12.6 Å². The van der Waals surface area contributed by atoms with Crippen LogP contribution in [-0.4, -0.2) is 44.8 Å². The molecule has 4 aromatic rings. The first-order valence-corrected chi connectivity index (χ1v) is 15.9. The third-order valence-corrected chi connectivity index (χ3v) is 9.24. The number of nitrogens with zero attached hydrogens (tertiary/aromatic N) is 2. The van der Waals surface area contributed by atoms with Crippen molar-refractivity contribution in [3.8, 4) is 0 Å². The Balaban J connectivity index is 1.81. The van der Waals surface area contributed by atoms with E-state index in [4.69, 9.17) is 34.8 Å². The van der Waals surface area contributed by atoms with Crippen LogP contribution in [0.5, 0.6) is 0 Å². The van der Waals surface area contributed by atoms with Crippen LogP contribution in [0, 0.1) is 6.92 Å². The third-order valence-electron chi connectivity index (χ3n) is 6.78. The molecule has 0 aliphatic heterocycles. The second kappa shape index (κ2) is 14.3. The average molecular weight is 659 g/mol. The van der Waals surface area contributed by atoms with Crippen molar-refractivity contribution in [3.05, 3.63) is 129 Å². The minimum atomic E-state index is -4.28. The van der Waals surface area contributed by atoms with E-state index in [9.17, 15) is 18.0 Å². The zero-order chi connectivity index (χ0) is 31.1. The highest BCUT2D eigenvalue weighted by Crippen LogP contribution is 2.30. The smallest absolute Gasteiger partial charge is 0.264 e. The molecule has 43 heavy (non-hydrogen) atoms. The van der Waals surface area contributed by atoms with Crippen molar-refractivity contribution in [1.29, 1.82) is 0 Å². The molecule has 224 valence electrons. The number of carbonyl (C=O) groups is 2. The van der Waals surface area contributed by atoms with Crippen molar-refractivity contribution in [1.82, 2.24) is 10.2 Å². The topological polar surface area (TPSA) is 86.8 Å². The maximum absolute atomic E-state index is 14.3. The number of anilines is 1. The molecule has 4 rings (SSSR count). The lowest BCUT2D eigenvalue weighted by Crippen LogP contribution is -2.53. The molecule has 0 saturated carbocycles. The fourth-order valence-corrected chi connectivity index (χ4v) is 6.73. The summed E-state index contributed by atoms with van der Waals surface area (Å²) in [6.07, 6.45) is 0.195. The summed E-state index contributed by atoms with van der Waals surface area (Å²) in [5.74, 6) is -1.02. The number of hydrogen-bond donors (Lipinski definition) is 1. The maximum atomic E-state index is 14.3. The van der Waals surface area contributed by atoms with E-state index in [0.29, 0.717) is 10.6 Å². The molecule has 0 aromatic heterocycles. The second-order valence-electron chi connectivity index (χ2n) is 9.92. The van der Waals surface area contributed by atoms with Gasteiger partial charge in [-0.05, 0) is 60.5 Å². The molecule has 0 bridgehead atoms. The fraction of sp³-hybridized carbons (Fsp3) is 0.188. The van der Waals surface area contributed by atoms with Gasteiger partial charge in [0.15, 0.2) is 0 Å². The lowest BCUT2D eigenvalue weighted by atomic mass is 10.0. The van der Waals surface area contributed by atoms with Gasteiger partial charge in [-0.3, -0.25) is 13.9 Å². The normalized spacial score (nSPS) is 11.9. The quantitative estimate of drug-likeness (QED) is 0.198. The Labute approximate surface area is 267 Å². The first-order valence-electron chi connectivity index (χ1n) is 13.3. The predicted octanol–water partition coefficient (Wildman–Crippen LogP) is 6.54. The Bertz CT molecular complexity index is 1680. The highest BCUT2D eigenvalue weighted by atomic mass is 35.5.